The molecule has 0 bridgehead atoms. The molecule has 0 aliphatic heterocycles. The summed E-state index contributed by atoms with van der Waals surface area (Å²) in [6.07, 6.45) is 4.29. The Hall–Kier alpha value is -2.63. The van der Waals surface area contributed by atoms with Crippen LogP contribution in [0, 0.1) is 11.3 Å². The fourth-order valence-electron chi connectivity index (χ4n) is 3.04. The van der Waals surface area contributed by atoms with Gasteiger partial charge in [0.05, 0.1) is 17.6 Å². The molecule has 1 heterocycles. The molecule has 3 rings (SSSR count). The number of nitrogens with one attached hydrogen (secondary N) is 1. The van der Waals surface area contributed by atoms with Crippen molar-refractivity contribution in [2.45, 2.75) is 42.7 Å². The van der Waals surface area contributed by atoms with Gasteiger partial charge in [0.1, 0.15) is 17.9 Å². The third-order valence-electron chi connectivity index (χ3n) is 4.50. The predicted octanol–water partition coefficient (Wildman–Crippen LogP) is 2.63. The Morgan fingerprint density at radius 2 is 1.96 bits per heavy atom. The van der Waals surface area contributed by atoms with Crippen molar-refractivity contribution >= 4 is 10.0 Å². The van der Waals surface area contributed by atoms with Gasteiger partial charge >= 0.3 is 0 Å². The van der Waals surface area contributed by atoms with Crippen molar-refractivity contribution in [3.63, 3.8) is 0 Å². The maximum absolute atomic E-state index is 12.6. The number of rotatable bonds is 6. The summed E-state index contributed by atoms with van der Waals surface area (Å²) in [6, 6.07) is 11.6. The Morgan fingerprint density at radius 1 is 1.19 bits per heavy atom. The number of nitrogens with zero attached hydrogens (tertiary/aromatic N) is 2. The first-order valence-electron chi connectivity index (χ1n) is 8.69. The second-order valence-corrected chi connectivity index (χ2v) is 8.10. The van der Waals surface area contributed by atoms with E-state index in [-0.39, 0.29) is 17.0 Å². The van der Waals surface area contributed by atoms with Crippen LogP contribution >= 0.6 is 0 Å². The van der Waals surface area contributed by atoms with Crippen LogP contribution in [0.5, 0.6) is 11.6 Å². The average Bonchev–Trinajstić information content (AvgIpc) is 2.70. The number of sulfonamides is 1. The summed E-state index contributed by atoms with van der Waals surface area (Å²) in [5.74, 6) is 0.985. The summed E-state index contributed by atoms with van der Waals surface area (Å²) in [7, 11) is -2.09. The van der Waals surface area contributed by atoms with Crippen LogP contribution in [0.25, 0.3) is 0 Å². The van der Waals surface area contributed by atoms with Crippen molar-refractivity contribution in [2.75, 3.05) is 7.11 Å². The van der Waals surface area contributed by atoms with Gasteiger partial charge in [-0.15, -0.1) is 0 Å². The zero-order valence-corrected chi connectivity index (χ0v) is 15.8. The number of hydrogen-bond donors (Lipinski definition) is 1. The number of nitriles is 1. The van der Waals surface area contributed by atoms with Gasteiger partial charge < -0.3 is 9.47 Å². The molecule has 1 saturated carbocycles. The Labute approximate surface area is 159 Å². The maximum Gasteiger partial charge on any atom is 0.240 e. The first-order chi connectivity index (χ1) is 13.0. The molecular weight excluding hydrogens is 366 g/mol. The lowest BCUT2D eigenvalue weighted by molar-refractivity contribution is 0.138. The van der Waals surface area contributed by atoms with Crippen molar-refractivity contribution in [3.8, 4) is 17.7 Å². The van der Waals surface area contributed by atoms with Gasteiger partial charge in [0.2, 0.25) is 15.9 Å². The van der Waals surface area contributed by atoms with E-state index in [1.165, 1.54) is 19.4 Å². The molecule has 0 saturated heterocycles. The van der Waals surface area contributed by atoms with Crippen molar-refractivity contribution in [2.24, 2.45) is 0 Å². The standard InChI is InChI=1S/C19H21N3O4S/c1-25-17-3-2-4-18(11-17)27(23,24)22-15-6-8-16(9-7-15)26-19-10-5-14(12-20)13-21-19/h2-5,10-11,13,15-16,22H,6-9H2,1H3. The van der Waals surface area contributed by atoms with E-state index in [0.717, 1.165) is 12.8 Å². The first-order valence-corrected chi connectivity index (χ1v) is 10.2. The minimum atomic E-state index is -3.59. The van der Waals surface area contributed by atoms with Gasteiger partial charge in [-0.3, -0.25) is 0 Å². The Morgan fingerprint density at radius 3 is 2.59 bits per heavy atom. The van der Waals surface area contributed by atoms with E-state index in [0.29, 0.717) is 30.0 Å². The van der Waals surface area contributed by atoms with Gasteiger partial charge in [-0.2, -0.15) is 5.26 Å². The highest BCUT2D eigenvalue weighted by atomic mass is 32.2. The van der Waals surface area contributed by atoms with Crippen LogP contribution in [0.1, 0.15) is 31.2 Å². The maximum atomic E-state index is 12.6. The Balaban J connectivity index is 1.54. The molecule has 7 nitrogen and oxygen atoms in total. The molecule has 1 fully saturated rings. The molecule has 0 radical (unpaired) electrons. The molecule has 1 aliphatic rings. The van der Waals surface area contributed by atoms with Gasteiger partial charge in [-0.1, -0.05) is 6.07 Å². The lowest BCUT2D eigenvalue weighted by atomic mass is 9.94. The minimum absolute atomic E-state index is 0.0111. The predicted molar refractivity (Wildman–Crippen MR) is 98.9 cm³/mol. The largest absolute Gasteiger partial charge is 0.497 e. The second-order valence-electron chi connectivity index (χ2n) is 6.39. The normalized spacial score (nSPS) is 19.9. The second kappa shape index (κ2) is 8.37. The zero-order chi connectivity index (χ0) is 19.3. The van der Waals surface area contributed by atoms with Crippen molar-refractivity contribution in [1.82, 2.24) is 9.71 Å². The molecule has 0 unspecified atom stereocenters. The summed E-state index contributed by atoms with van der Waals surface area (Å²) in [4.78, 5) is 4.31. The molecule has 1 aliphatic carbocycles. The highest BCUT2D eigenvalue weighted by Gasteiger charge is 2.27. The van der Waals surface area contributed by atoms with E-state index in [1.54, 1.807) is 30.3 Å². The van der Waals surface area contributed by atoms with Crippen LogP contribution < -0.4 is 14.2 Å². The van der Waals surface area contributed by atoms with Crippen molar-refractivity contribution < 1.29 is 17.9 Å². The van der Waals surface area contributed by atoms with Gasteiger partial charge in [-0.25, -0.2) is 18.1 Å². The Bertz CT molecular complexity index is 915. The van der Waals surface area contributed by atoms with E-state index >= 15 is 0 Å². The van der Waals surface area contributed by atoms with Crippen LogP contribution in [-0.2, 0) is 10.0 Å². The van der Waals surface area contributed by atoms with Crippen LogP contribution in [0.3, 0.4) is 0 Å². The molecule has 0 spiro atoms. The van der Waals surface area contributed by atoms with Gasteiger partial charge in [0.15, 0.2) is 0 Å². The summed E-state index contributed by atoms with van der Waals surface area (Å²) in [6.45, 7) is 0. The lowest BCUT2D eigenvalue weighted by Gasteiger charge is -2.29. The monoisotopic (exact) mass is 387 g/mol. The number of hydrogen-bond acceptors (Lipinski definition) is 6. The molecule has 142 valence electrons. The minimum Gasteiger partial charge on any atom is -0.497 e. The summed E-state index contributed by atoms with van der Waals surface area (Å²) in [5, 5.41) is 8.79. The van der Waals surface area contributed by atoms with Crippen LogP contribution in [0.15, 0.2) is 47.5 Å². The van der Waals surface area contributed by atoms with Crippen LogP contribution in [0.4, 0.5) is 0 Å². The van der Waals surface area contributed by atoms with E-state index in [9.17, 15) is 8.42 Å². The lowest BCUT2D eigenvalue weighted by Crippen LogP contribution is -2.39. The van der Waals surface area contributed by atoms with Gasteiger partial charge in [-0.05, 0) is 43.9 Å². The highest BCUT2D eigenvalue weighted by molar-refractivity contribution is 7.89. The molecule has 1 N–H and O–H groups in total. The van der Waals surface area contributed by atoms with Crippen molar-refractivity contribution in [1.29, 1.82) is 5.26 Å². The SMILES string of the molecule is COc1cccc(S(=O)(=O)NC2CCC(Oc3ccc(C#N)cn3)CC2)c1. The molecule has 0 atom stereocenters. The fourth-order valence-corrected chi connectivity index (χ4v) is 4.38. The smallest absolute Gasteiger partial charge is 0.240 e. The Kier molecular flexibility index (Phi) is 5.94. The topological polar surface area (TPSA) is 101 Å². The average molecular weight is 387 g/mol. The molecule has 2 aromatic rings. The number of methoxy groups -OCH3 is 1. The summed E-state index contributed by atoms with van der Waals surface area (Å²) >= 11 is 0. The molecule has 27 heavy (non-hydrogen) atoms. The quantitative estimate of drug-likeness (QED) is 0.818. The number of ether oxygens (including phenoxy) is 2. The molecule has 8 heteroatoms. The third kappa shape index (κ3) is 4.96. The summed E-state index contributed by atoms with van der Waals surface area (Å²) in [5.41, 5.74) is 0.484. The first kappa shape index (κ1) is 19.1. The van der Waals surface area contributed by atoms with Crippen LogP contribution in [-0.4, -0.2) is 32.7 Å². The van der Waals surface area contributed by atoms with Crippen LogP contribution in [0.2, 0.25) is 0 Å². The zero-order valence-electron chi connectivity index (χ0n) is 15.0. The van der Waals surface area contributed by atoms with Crippen molar-refractivity contribution in [3.05, 3.63) is 48.2 Å². The van der Waals surface area contributed by atoms with E-state index in [4.69, 9.17) is 14.7 Å². The van der Waals surface area contributed by atoms with E-state index in [2.05, 4.69) is 9.71 Å². The molecular formula is C19H21N3O4S. The highest BCUT2D eigenvalue weighted by Crippen LogP contribution is 2.25. The van der Waals surface area contributed by atoms with Gasteiger partial charge in [0.25, 0.3) is 0 Å². The number of pyridine rings is 1. The summed E-state index contributed by atoms with van der Waals surface area (Å²) < 4.78 is 38.8. The molecule has 0 amide bonds. The van der Waals surface area contributed by atoms with E-state index < -0.39 is 10.0 Å². The van der Waals surface area contributed by atoms with E-state index in [1.807, 2.05) is 6.07 Å². The fraction of sp³-hybridized carbons (Fsp3) is 0.368. The number of benzene rings is 1. The van der Waals surface area contributed by atoms with Gasteiger partial charge in [0, 0.05) is 24.4 Å². The molecule has 1 aromatic heterocycles. The molecule has 1 aromatic carbocycles. The number of aromatic nitrogens is 1. The third-order valence-corrected chi connectivity index (χ3v) is 6.02.